The van der Waals surface area contributed by atoms with Crippen molar-refractivity contribution in [2.75, 3.05) is 24.5 Å². The summed E-state index contributed by atoms with van der Waals surface area (Å²) in [5.74, 6) is 0. The molecule has 0 aliphatic carbocycles. The zero-order chi connectivity index (χ0) is 14.1. The van der Waals surface area contributed by atoms with Gasteiger partial charge in [-0.25, -0.2) is 0 Å². The summed E-state index contributed by atoms with van der Waals surface area (Å²) in [6.45, 7) is 8.32. The average molecular weight is 337 g/mol. The minimum atomic E-state index is 0.664. The normalized spacial score (nSPS) is 27.4. The first-order valence-corrected chi connectivity index (χ1v) is 8.75. The third-order valence-electron chi connectivity index (χ3n) is 5.06. The molecule has 2 unspecified atom stereocenters. The Labute approximate surface area is 131 Å². The van der Waals surface area contributed by atoms with Gasteiger partial charge in [0.05, 0.1) is 0 Å². The highest BCUT2D eigenvalue weighted by Crippen LogP contribution is 2.33. The smallest absolute Gasteiger partial charge is 0.0415 e. The van der Waals surface area contributed by atoms with Crippen molar-refractivity contribution >= 4 is 21.6 Å². The van der Waals surface area contributed by atoms with Crippen LogP contribution < -0.4 is 4.90 Å². The van der Waals surface area contributed by atoms with E-state index in [9.17, 15) is 0 Å². The first-order valence-electron chi connectivity index (χ1n) is 7.96. The van der Waals surface area contributed by atoms with E-state index < -0.39 is 0 Å². The van der Waals surface area contributed by atoms with Crippen LogP contribution in [-0.2, 0) is 0 Å². The molecule has 0 spiro atoms. The zero-order valence-electron chi connectivity index (χ0n) is 12.6. The number of piperazine rings is 1. The molecule has 2 aliphatic rings. The van der Waals surface area contributed by atoms with E-state index in [0.717, 1.165) is 6.04 Å². The summed E-state index contributed by atoms with van der Waals surface area (Å²) < 4.78 is 1.23. The molecule has 0 aromatic heterocycles. The second-order valence-corrected chi connectivity index (χ2v) is 7.10. The van der Waals surface area contributed by atoms with Crippen LogP contribution >= 0.6 is 15.9 Å². The Kier molecular flexibility index (Phi) is 4.37. The van der Waals surface area contributed by atoms with Crippen molar-refractivity contribution in [3.63, 3.8) is 0 Å². The van der Waals surface area contributed by atoms with Gasteiger partial charge in [-0.05, 0) is 50.4 Å². The van der Waals surface area contributed by atoms with Crippen molar-refractivity contribution in [1.82, 2.24) is 4.90 Å². The van der Waals surface area contributed by atoms with E-state index in [2.05, 4.69) is 57.8 Å². The number of anilines is 1. The van der Waals surface area contributed by atoms with Crippen molar-refractivity contribution in [2.24, 2.45) is 0 Å². The Morgan fingerprint density at radius 2 is 2.10 bits per heavy atom. The van der Waals surface area contributed by atoms with Crippen LogP contribution in [0.25, 0.3) is 0 Å². The summed E-state index contributed by atoms with van der Waals surface area (Å²) in [5.41, 5.74) is 2.81. The predicted octanol–water partition coefficient (Wildman–Crippen LogP) is 4.21. The summed E-state index contributed by atoms with van der Waals surface area (Å²) in [4.78, 5) is 5.41. The molecule has 1 aromatic carbocycles. The minimum Gasteiger partial charge on any atom is -0.365 e. The molecule has 3 heteroatoms. The monoisotopic (exact) mass is 336 g/mol. The first-order chi connectivity index (χ1) is 9.70. The lowest BCUT2D eigenvalue weighted by Gasteiger charge is -2.49. The molecule has 2 nitrogen and oxygen atoms in total. The Bertz CT molecular complexity index is 474. The summed E-state index contributed by atoms with van der Waals surface area (Å²) in [6, 6.07) is 8.05. The second kappa shape index (κ2) is 6.07. The van der Waals surface area contributed by atoms with E-state index in [1.807, 2.05) is 0 Å². The maximum absolute atomic E-state index is 3.69. The van der Waals surface area contributed by atoms with E-state index in [0.29, 0.717) is 6.04 Å². The summed E-state index contributed by atoms with van der Waals surface area (Å²) >= 11 is 3.69. The second-order valence-electron chi connectivity index (χ2n) is 6.24. The van der Waals surface area contributed by atoms with Gasteiger partial charge >= 0.3 is 0 Å². The lowest BCUT2D eigenvalue weighted by Crippen LogP contribution is -2.59. The van der Waals surface area contributed by atoms with E-state index in [4.69, 9.17) is 0 Å². The van der Waals surface area contributed by atoms with Crippen molar-refractivity contribution in [3.8, 4) is 0 Å². The van der Waals surface area contributed by atoms with Gasteiger partial charge in [0.1, 0.15) is 0 Å². The first kappa shape index (κ1) is 14.4. The molecule has 2 fully saturated rings. The predicted molar refractivity (Wildman–Crippen MR) is 89.5 cm³/mol. The molecule has 0 N–H and O–H groups in total. The highest BCUT2D eigenvalue weighted by atomic mass is 79.9. The van der Waals surface area contributed by atoms with Gasteiger partial charge in [-0.1, -0.05) is 35.3 Å². The minimum absolute atomic E-state index is 0.664. The Morgan fingerprint density at radius 3 is 2.90 bits per heavy atom. The van der Waals surface area contributed by atoms with E-state index in [1.165, 1.54) is 61.0 Å². The van der Waals surface area contributed by atoms with Crippen LogP contribution in [0.15, 0.2) is 22.7 Å². The molecular weight excluding hydrogens is 312 g/mol. The molecule has 2 aliphatic heterocycles. The van der Waals surface area contributed by atoms with Crippen LogP contribution in [-0.4, -0.2) is 36.6 Å². The molecule has 1 aromatic rings. The average Bonchev–Trinajstić information content (AvgIpc) is 2.48. The highest BCUT2D eigenvalue weighted by molar-refractivity contribution is 9.10. The van der Waals surface area contributed by atoms with Gasteiger partial charge in [-0.2, -0.15) is 0 Å². The summed E-state index contributed by atoms with van der Waals surface area (Å²) in [6.07, 6.45) is 5.40. The lowest BCUT2D eigenvalue weighted by molar-refractivity contribution is 0.111. The Morgan fingerprint density at radius 1 is 1.25 bits per heavy atom. The van der Waals surface area contributed by atoms with E-state index in [-0.39, 0.29) is 0 Å². The SMILES string of the molecule is CCC1CN2CCCCC2CN1c1cccc(Br)c1C. The van der Waals surface area contributed by atoms with Crippen LogP contribution in [0.3, 0.4) is 0 Å². The fourth-order valence-electron chi connectivity index (χ4n) is 3.80. The van der Waals surface area contributed by atoms with E-state index >= 15 is 0 Å². The van der Waals surface area contributed by atoms with Crippen molar-refractivity contribution in [2.45, 2.75) is 51.6 Å². The molecule has 2 saturated heterocycles. The van der Waals surface area contributed by atoms with Crippen LogP contribution in [0.2, 0.25) is 0 Å². The number of hydrogen-bond acceptors (Lipinski definition) is 2. The van der Waals surface area contributed by atoms with Gasteiger partial charge in [0.15, 0.2) is 0 Å². The Balaban J connectivity index is 1.88. The van der Waals surface area contributed by atoms with Crippen LogP contribution in [0, 0.1) is 6.92 Å². The molecule has 3 rings (SSSR count). The maximum Gasteiger partial charge on any atom is 0.0415 e. The quantitative estimate of drug-likeness (QED) is 0.798. The van der Waals surface area contributed by atoms with Gasteiger partial charge in [0, 0.05) is 35.3 Å². The number of fused-ring (bicyclic) bond motifs is 1. The number of hydrogen-bond donors (Lipinski definition) is 0. The summed E-state index contributed by atoms with van der Waals surface area (Å²) in [5, 5.41) is 0. The van der Waals surface area contributed by atoms with Gasteiger partial charge in [0.2, 0.25) is 0 Å². The molecule has 0 saturated carbocycles. The third kappa shape index (κ3) is 2.62. The van der Waals surface area contributed by atoms with Crippen LogP contribution in [0.1, 0.15) is 38.2 Å². The van der Waals surface area contributed by atoms with Crippen molar-refractivity contribution in [1.29, 1.82) is 0 Å². The number of rotatable bonds is 2. The highest BCUT2D eigenvalue weighted by Gasteiger charge is 2.34. The largest absolute Gasteiger partial charge is 0.365 e. The molecule has 2 atom stereocenters. The molecule has 0 radical (unpaired) electrons. The molecule has 0 amide bonds. The van der Waals surface area contributed by atoms with Crippen molar-refractivity contribution < 1.29 is 0 Å². The van der Waals surface area contributed by atoms with Gasteiger partial charge in [0.25, 0.3) is 0 Å². The molecule has 20 heavy (non-hydrogen) atoms. The molecule has 110 valence electrons. The summed E-state index contributed by atoms with van der Waals surface area (Å²) in [7, 11) is 0. The van der Waals surface area contributed by atoms with E-state index in [1.54, 1.807) is 0 Å². The van der Waals surface area contributed by atoms with Crippen LogP contribution in [0.4, 0.5) is 5.69 Å². The molecular formula is C17H25BrN2. The fourth-order valence-corrected chi connectivity index (χ4v) is 4.16. The molecule has 0 bridgehead atoms. The Hall–Kier alpha value is -0.540. The fraction of sp³-hybridized carbons (Fsp3) is 0.647. The number of piperidine rings is 1. The number of benzene rings is 1. The topological polar surface area (TPSA) is 6.48 Å². The number of halogens is 1. The third-order valence-corrected chi connectivity index (χ3v) is 5.92. The zero-order valence-corrected chi connectivity index (χ0v) is 14.2. The lowest BCUT2D eigenvalue weighted by atomic mass is 9.95. The maximum atomic E-state index is 3.69. The number of nitrogens with zero attached hydrogens (tertiary/aromatic N) is 2. The van der Waals surface area contributed by atoms with Crippen molar-refractivity contribution in [3.05, 3.63) is 28.2 Å². The van der Waals surface area contributed by atoms with Gasteiger partial charge in [-0.15, -0.1) is 0 Å². The molecule has 2 heterocycles. The van der Waals surface area contributed by atoms with Crippen LogP contribution in [0.5, 0.6) is 0 Å². The standard InChI is InChI=1S/C17H25BrN2/c1-3-14-11-19-10-5-4-7-15(19)12-20(14)17-9-6-8-16(18)13(17)2/h6,8-9,14-15H,3-5,7,10-12H2,1-2H3. The van der Waals surface area contributed by atoms with Gasteiger partial charge < -0.3 is 4.90 Å². The van der Waals surface area contributed by atoms with Gasteiger partial charge in [-0.3, -0.25) is 4.90 Å².